The summed E-state index contributed by atoms with van der Waals surface area (Å²) in [4.78, 5) is 26.1. The van der Waals surface area contributed by atoms with Gasteiger partial charge in [-0.15, -0.1) is 5.10 Å². The predicted molar refractivity (Wildman–Crippen MR) is 107 cm³/mol. The zero-order valence-electron chi connectivity index (χ0n) is 16.3. The second-order valence-electron chi connectivity index (χ2n) is 7.60. The van der Waals surface area contributed by atoms with E-state index < -0.39 is 17.4 Å². The van der Waals surface area contributed by atoms with E-state index in [9.17, 15) is 22.8 Å². The molecule has 2 heterocycles. The number of hydrogen-bond acceptors (Lipinski definition) is 3. The number of hydrogen-bond donors (Lipinski definition) is 0. The Morgan fingerprint density at radius 3 is 2.47 bits per heavy atom. The summed E-state index contributed by atoms with van der Waals surface area (Å²) in [5.41, 5.74) is -0.867. The van der Waals surface area contributed by atoms with Gasteiger partial charge in [0.2, 0.25) is 5.78 Å². The monoisotopic (exact) mass is 416 g/mol. The van der Waals surface area contributed by atoms with Crippen LogP contribution in [-0.4, -0.2) is 18.7 Å². The fraction of sp³-hybridized carbons (Fsp3) is 0.286. The van der Waals surface area contributed by atoms with E-state index in [1.165, 1.54) is 21.1 Å². The van der Waals surface area contributed by atoms with Crippen LogP contribution in [0.15, 0.2) is 58.1 Å². The van der Waals surface area contributed by atoms with Crippen LogP contribution < -0.4 is 11.2 Å². The maximum atomic E-state index is 13.1. The number of alkyl halides is 3. The van der Waals surface area contributed by atoms with Crippen LogP contribution in [0.1, 0.15) is 25.0 Å². The molecule has 2 aromatic carbocycles. The Labute approximate surface area is 168 Å². The second-order valence-corrected chi connectivity index (χ2v) is 7.60. The largest absolute Gasteiger partial charge is 0.416 e. The lowest BCUT2D eigenvalue weighted by molar-refractivity contribution is -0.137. The molecule has 0 unspecified atom stereocenters. The number of para-hydroxylation sites is 1. The van der Waals surface area contributed by atoms with Gasteiger partial charge in [0, 0.05) is 6.54 Å². The Morgan fingerprint density at radius 1 is 1.03 bits per heavy atom. The normalized spacial score (nSPS) is 12.3. The Morgan fingerprint density at radius 2 is 1.77 bits per heavy atom. The molecule has 0 saturated heterocycles. The summed E-state index contributed by atoms with van der Waals surface area (Å²) < 4.78 is 42.9. The van der Waals surface area contributed by atoms with Crippen molar-refractivity contribution < 1.29 is 13.2 Å². The SMILES string of the molecule is CC(C)Cn1c(=O)c2ccccc2n2c(=O)n(Cc3cccc(C(F)(F)F)c3)nc12. The van der Waals surface area contributed by atoms with Crippen molar-refractivity contribution >= 4 is 16.7 Å². The summed E-state index contributed by atoms with van der Waals surface area (Å²) in [5.74, 6) is 0.292. The van der Waals surface area contributed by atoms with E-state index in [1.54, 1.807) is 24.3 Å². The van der Waals surface area contributed by atoms with Crippen molar-refractivity contribution in [3.63, 3.8) is 0 Å². The third-order valence-corrected chi connectivity index (χ3v) is 4.82. The number of nitrogens with zero attached hydrogens (tertiary/aromatic N) is 4. The summed E-state index contributed by atoms with van der Waals surface area (Å²) in [6, 6.07) is 11.5. The average molecular weight is 416 g/mol. The highest BCUT2D eigenvalue weighted by molar-refractivity contribution is 5.80. The first kappa shape index (κ1) is 19.9. The van der Waals surface area contributed by atoms with Crippen LogP contribution in [0.3, 0.4) is 0 Å². The van der Waals surface area contributed by atoms with E-state index in [0.717, 1.165) is 16.8 Å². The third-order valence-electron chi connectivity index (χ3n) is 4.82. The van der Waals surface area contributed by atoms with Crippen LogP contribution in [0, 0.1) is 5.92 Å². The Kier molecular flexibility index (Phi) is 4.76. The van der Waals surface area contributed by atoms with Crippen LogP contribution in [0.25, 0.3) is 16.7 Å². The van der Waals surface area contributed by atoms with Gasteiger partial charge < -0.3 is 0 Å². The van der Waals surface area contributed by atoms with Gasteiger partial charge >= 0.3 is 11.9 Å². The van der Waals surface area contributed by atoms with Crippen molar-refractivity contribution in [3.8, 4) is 0 Å². The number of benzene rings is 2. The first-order chi connectivity index (χ1) is 14.2. The molecule has 0 radical (unpaired) electrons. The van der Waals surface area contributed by atoms with Gasteiger partial charge in [-0.2, -0.15) is 13.2 Å². The molecule has 0 aliphatic heterocycles. The molecule has 0 bridgehead atoms. The minimum atomic E-state index is -4.48. The van der Waals surface area contributed by atoms with Gasteiger partial charge in [0.1, 0.15) is 0 Å². The fourth-order valence-corrected chi connectivity index (χ4v) is 3.52. The lowest BCUT2D eigenvalue weighted by Gasteiger charge is -2.11. The molecule has 0 N–H and O–H groups in total. The highest BCUT2D eigenvalue weighted by Crippen LogP contribution is 2.29. The van der Waals surface area contributed by atoms with E-state index in [1.807, 2.05) is 13.8 Å². The molecule has 0 amide bonds. The molecule has 156 valence electrons. The minimum absolute atomic E-state index is 0.122. The van der Waals surface area contributed by atoms with Gasteiger partial charge in [0.05, 0.1) is 23.0 Å². The van der Waals surface area contributed by atoms with Crippen LogP contribution in [0.5, 0.6) is 0 Å². The molecule has 9 heteroatoms. The first-order valence-corrected chi connectivity index (χ1v) is 9.44. The van der Waals surface area contributed by atoms with Crippen molar-refractivity contribution in [3.05, 3.63) is 80.5 Å². The maximum Gasteiger partial charge on any atom is 0.416 e. The zero-order valence-corrected chi connectivity index (χ0v) is 16.3. The Balaban J connectivity index is 1.93. The third kappa shape index (κ3) is 3.40. The van der Waals surface area contributed by atoms with Crippen molar-refractivity contribution in [2.75, 3.05) is 0 Å². The molecule has 30 heavy (non-hydrogen) atoms. The first-order valence-electron chi connectivity index (χ1n) is 9.44. The van der Waals surface area contributed by atoms with Gasteiger partial charge in [-0.3, -0.25) is 9.36 Å². The zero-order chi connectivity index (χ0) is 21.6. The fourth-order valence-electron chi connectivity index (χ4n) is 3.52. The molecular formula is C21H19F3N4O2. The number of aromatic nitrogens is 4. The van der Waals surface area contributed by atoms with E-state index in [0.29, 0.717) is 17.4 Å². The standard InChI is InChI=1S/C21H19F3N4O2/c1-13(2)11-26-18(29)16-8-3-4-9-17(16)28-19(26)25-27(20(28)30)12-14-6-5-7-15(10-14)21(22,23)24/h3-10,13H,11-12H2,1-2H3. The molecular weight excluding hydrogens is 397 g/mol. The average Bonchev–Trinajstić information content (AvgIpc) is 3.01. The summed E-state index contributed by atoms with van der Waals surface area (Å²) in [6.45, 7) is 4.09. The summed E-state index contributed by atoms with van der Waals surface area (Å²) >= 11 is 0. The molecule has 6 nitrogen and oxygen atoms in total. The van der Waals surface area contributed by atoms with Crippen molar-refractivity contribution in [1.82, 2.24) is 18.7 Å². The van der Waals surface area contributed by atoms with Gasteiger partial charge in [-0.1, -0.05) is 38.1 Å². The van der Waals surface area contributed by atoms with Crippen LogP contribution >= 0.6 is 0 Å². The van der Waals surface area contributed by atoms with E-state index in [4.69, 9.17) is 0 Å². The van der Waals surface area contributed by atoms with Gasteiger partial charge in [0.15, 0.2) is 0 Å². The molecule has 0 saturated carbocycles. The Bertz CT molecular complexity index is 1360. The van der Waals surface area contributed by atoms with Gasteiger partial charge in [-0.05, 0) is 35.7 Å². The van der Waals surface area contributed by atoms with Crippen LogP contribution in [0.4, 0.5) is 13.2 Å². The van der Waals surface area contributed by atoms with Crippen molar-refractivity contribution in [2.45, 2.75) is 33.1 Å². The lowest BCUT2D eigenvalue weighted by Crippen LogP contribution is -2.27. The second kappa shape index (κ2) is 7.16. The smallest absolute Gasteiger partial charge is 0.276 e. The highest BCUT2D eigenvalue weighted by Gasteiger charge is 2.30. The van der Waals surface area contributed by atoms with Crippen molar-refractivity contribution in [2.24, 2.45) is 5.92 Å². The van der Waals surface area contributed by atoms with Gasteiger partial charge in [0.25, 0.3) is 5.56 Å². The number of fused-ring (bicyclic) bond motifs is 3. The van der Waals surface area contributed by atoms with E-state index >= 15 is 0 Å². The number of halogens is 3. The van der Waals surface area contributed by atoms with Gasteiger partial charge in [-0.25, -0.2) is 13.9 Å². The quantitative estimate of drug-likeness (QED) is 0.511. The molecule has 0 aliphatic rings. The van der Waals surface area contributed by atoms with Crippen LogP contribution in [0.2, 0.25) is 0 Å². The molecule has 4 aromatic rings. The molecule has 0 fully saturated rings. The molecule has 0 atom stereocenters. The number of rotatable bonds is 4. The predicted octanol–water partition coefficient (Wildman–Crippen LogP) is 3.53. The van der Waals surface area contributed by atoms with Crippen molar-refractivity contribution in [1.29, 1.82) is 0 Å². The topological polar surface area (TPSA) is 61.3 Å². The molecule has 0 spiro atoms. The lowest BCUT2D eigenvalue weighted by atomic mass is 10.1. The summed E-state index contributed by atoms with van der Waals surface area (Å²) in [7, 11) is 0. The van der Waals surface area contributed by atoms with E-state index in [2.05, 4.69) is 5.10 Å². The summed E-state index contributed by atoms with van der Waals surface area (Å²) in [6.07, 6.45) is -4.48. The Hall–Kier alpha value is -3.36. The van der Waals surface area contributed by atoms with E-state index in [-0.39, 0.29) is 29.4 Å². The molecule has 0 aliphatic carbocycles. The highest BCUT2D eigenvalue weighted by atomic mass is 19.4. The minimum Gasteiger partial charge on any atom is -0.276 e. The molecule has 2 aromatic heterocycles. The maximum absolute atomic E-state index is 13.1. The van der Waals surface area contributed by atoms with Crippen LogP contribution in [-0.2, 0) is 19.3 Å². The molecule has 4 rings (SSSR count). The summed E-state index contributed by atoms with van der Waals surface area (Å²) in [5, 5.41) is 4.69.